The second kappa shape index (κ2) is 6.68. The number of hydrogen-bond acceptors (Lipinski definition) is 5. The molecule has 3 N–H and O–H groups in total. The van der Waals surface area contributed by atoms with Crippen molar-refractivity contribution in [2.75, 3.05) is 13.1 Å². The van der Waals surface area contributed by atoms with E-state index in [1.807, 2.05) is 0 Å². The summed E-state index contributed by atoms with van der Waals surface area (Å²) in [5.74, 6) is -0.154. The van der Waals surface area contributed by atoms with E-state index >= 15 is 0 Å². The Labute approximate surface area is 117 Å². The molecule has 0 aromatic carbocycles. The van der Waals surface area contributed by atoms with E-state index in [1.54, 1.807) is 27.0 Å². The Morgan fingerprint density at radius 2 is 2.21 bits per heavy atom. The molecule has 7 heteroatoms. The minimum atomic E-state index is -0.530. The van der Waals surface area contributed by atoms with Gasteiger partial charge in [-0.3, -0.25) is 4.98 Å². The monoisotopic (exact) mass is 286 g/mol. The Balaban J connectivity index is 2.56. The fourth-order valence-electron chi connectivity index (χ4n) is 1.38. The third-order valence-corrected chi connectivity index (χ3v) is 2.40. The molecule has 0 saturated carbocycles. The number of carbonyl (C=O) groups is 1. The van der Waals surface area contributed by atoms with Gasteiger partial charge in [-0.05, 0) is 20.8 Å². The van der Waals surface area contributed by atoms with Crippen LogP contribution in [0.2, 0.25) is 5.15 Å². The van der Waals surface area contributed by atoms with E-state index in [0.717, 1.165) is 0 Å². The maximum atomic E-state index is 11.5. The molecule has 0 radical (unpaired) electrons. The zero-order valence-corrected chi connectivity index (χ0v) is 12.1. The molecule has 1 rings (SSSR count). The fourth-order valence-corrected chi connectivity index (χ4v) is 1.54. The molecule has 0 saturated heterocycles. The summed E-state index contributed by atoms with van der Waals surface area (Å²) in [6.07, 6.45) is 2.54. The lowest BCUT2D eigenvalue weighted by atomic mass is 10.1. The van der Waals surface area contributed by atoms with E-state index in [4.69, 9.17) is 22.1 Å². The summed E-state index contributed by atoms with van der Waals surface area (Å²) in [7, 11) is 0. The number of nitrogens with two attached hydrogens (primary N) is 1. The summed E-state index contributed by atoms with van der Waals surface area (Å²) < 4.78 is 5.14. The number of hydrogen-bond donors (Lipinski definition) is 2. The first kappa shape index (κ1) is 15.7. The molecule has 1 aromatic rings. The first-order valence-corrected chi connectivity index (χ1v) is 6.34. The van der Waals surface area contributed by atoms with Crippen molar-refractivity contribution < 1.29 is 9.53 Å². The summed E-state index contributed by atoms with van der Waals surface area (Å²) in [5, 5.41) is 2.96. The van der Waals surface area contributed by atoms with Crippen molar-refractivity contribution in [3.63, 3.8) is 0 Å². The Kier molecular flexibility index (Phi) is 5.50. The lowest BCUT2D eigenvalue weighted by Gasteiger charge is -2.21. The van der Waals surface area contributed by atoms with Crippen LogP contribution in [0.5, 0.6) is 0 Å². The highest BCUT2D eigenvalue weighted by Crippen LogP contribution is 2.13. The van der Waals surface area contributed by atoms with Gasteiger partial charge in [-0.1, -0.05) is 11.6 Å². The summed E-state index contributed by atoms with van der Waals surface area (Å²) in [5.41, 5.74) is 5.78. The van der Waals surface area contributed by atoms with E-state index in [9.17, 15) is 4.79 Å². The molecular weight excluding hydrogens is 268 g/mol. The highest BCUT2D eigenvalue weighted by atomic mass is 35.5. The second-order valence-electron chi connectivity index (χ2n) is 5.08. The molecule has 1 amide bonds. The number of nitrogens with one attached hydrogen (secondary N) is 1. The Morgan fingerprint density at radius 1 is 1.53 bits per heavy atom. The summed E-state index contributed by atoms with van der Waals surface area (Å²) in [6.45, 7) is 6.05. The van der Waals surface area contributed by atoms with Gasteiger partial charge in [-0.25, -0.2) is 9.78 Å². The number of rotatable bonds is 4. The normalized spacial score (nSPS) is 12.9. The molecule has 0 spiro atoms. The minimum absolute atomic E-state index is 0.154. The van der Waals surface area contributed by atoms with Crippen LogP contribution in [0.25, 0.3) is 0 Å². The first-order chi connectivity index (χ1) is 8.81. The van der Waals surface area contributed by atoms with Crippen molar-refractivity contribution in [1.29, 1.82) is 0 Å². The van der Waals surface area contributed by atoms with Crippen LogP contribution in [-0.4, -0.2) is 34.8 Å². The third-order valence-electron chi connectivity index (χ3n) is 2.22. The quantitative estimate of drug-likeness (QED) is 0.879. The van der Waals surface area contributed by atoms with E-state index in [1.165, 1.54) is 6.20 Å². The molecule has 1 aromatic heterocycles. The van der Waals surface area contributed by atoms with Gasteiger partial charge in [0, 0.05) is 25.2 Å². The SMILES string of the molecule is CC(C)(C)OC(=O)NCC(CN)c1cncc(Cl)n1. The Hall–Kier alpha value is -1.40. The van der Waals surface area contributed by atoms with Crippen LogP contribution in [0, 0.1) is 0 Å². The number of carbonyl (C=O) groups excluding carboxylic acids is 1. The maximum Gasteiger partial charge on any atom is 0.407 e. The zero-order valence-electron chi connectivity index (χ0n) is 11.3. The number of amides is 1. The standard InChI is InChI=1S/C12H19ClN4O2/c1-12(2,3)19-11(18)16-5-8(4-14)9-6-15-7-10(13)17-9/h6-8H,4-5,14H2,1-3H3,(H,16,18). The molecule has 1 heterocycles. The summed E-state index contributed by atoms with van der Waals surface area (Å²) in [6, 6.07) is 0. The number of halogens is 1. The van der Waals surface area contributed by atoms with Crippen LogP contribution < -0.4 is 11.1 Å². The number of aromatic nitrogens is 2. The van der Waals surface area contributed by atoms with Gasteiger partial charge in [0.2, 0.25) is 0 Å². The van der Waals surface area contributed by atoms with Crippen LogP contribution in [-0.2, 0) is 4.74 Å². The Bertz CT molecular complexity index is 434. The van der Waals surface area contributed by atoms with E-state index in [-0.39, 0.29) is 5.92 Å². The fraction of sp³-hybridized carbons (Fsp3) is 0.583. The number of nitrogens with zero attached hydrogens (tertiary/aromatic N) is 2. The van der Waals surface area contributed by atoms with Crippen molar-refractivity contribution >= 4 is 17.7 Å². The molecule has 106 valence electrons. The predicted octanol–water partition coefficient (Wildman–Crippen LogP) is 1.70. The predicted molar refractivity (Wildman–Crippen MR) is 73.1 cm³/mol. The largest absolute Gasteiger partial charge is 0.444 e. The molecule has 1 atom stereocenters. The average Bonchev–Trinajstić information content (AvgIpc) is 2.27. The van der Waals surface area contributed by atoms with Crippen molar-refractivity contribution in [3.05, 3.63) is 23.2 Å². The molecule has 1 unspecified atom stereocenters. The summed E-state index contributed by atoms with van der Waals surface area (Å²) in [4.78, 5) is 19.6. The van der Waals surface area contributed by atoms with Crippen molar-refractivity contribution in [2.45, 2.75) is 32.3 Å². The van der Waals surface area contributed by atoms with Crippen LogP contribution in [0.4, 0.5) is 4.79 Å². The van der Waals surface area contributed by atoms with Gasteiger partial charge < -0.3 is 15.8 Å². The van der Waals surface area contributed by atoms with Gasteiger partial charge in [0.05, 0.1) is 11.9 Å². The van der Waals surface area contributed by atoms with Crippen molar-refractivity contribution in [3.8, 4) is 0 Å². The molecule has 0 aliphatic carbocycles. The molecule has 0 aliphatic rings. The lowest BCUT2D eigenvalue weighted by molar-refractivity contribution is 0.0524. The number of alkyl carbamates (subject to hydrolysis) is 1. The molecule has 0 fully saturated rings. The minimum Gasteiger partial charge on any atom is -0.444 e. The smallest absolute Gasteiger partial charge is 0.407 e. The van der Waals surface area contributed by atoms with E-state index in [2.05, 4.69) is 15.3 Å². The van der Waals surface area contributed by atoms with Crippen LogP contribution in [0.1, 0.15) is 32.4 Å². The molecule has 6 nitrogen and oxygen atoms in total. The first-order valence-electron chi connectivity index (χ1n) is 5.96. The van der Waals surface area contributed by atoms with Crippen LogP contribution in [0.15, 0.2) is 12.4 Å². The van der Waals surface area contributed by atoms with Gasteiger partial charge in [-0.2, -0.15) is 0 Å². The zero-order chi connectivity index (χ0) is 14.5. The van der Waals surface area contributed by atoms with E-state index in [0.29, 0.717) is 23.9 Å². The topological polar surface area (TPSA) is 90.1 Å². The van der Waals surface area contributed by atoms with E-state index < -0.39 is 11.7 Å². The van der Waals surface area contributed by atoms with Crippen molar-refractivity contribution in [1.82, 2.24) is 15.3 Å². The average molecular weight is 287 g/mol. The van der Waals surface area contributed by atoms with Crippen molar-refractivity contribution in [2.24, 2.45) is 5.73 Å². The van der Waals surface area contributed by atoms with Crippen LogP contribution in [0.3, 0.4) is 0 Å². The second-order valence-corrected chi connectivity index (χ2v) is 5.47. The van der Waals surface area contributed by atoms with Gasteiger partial charge >= 0.3 is 6.09 Å². The third kappa shape index (κ3) is 5.85. The van der Waals surface area contributed by atoms with Crippen LogP contribution >= 0.6 is 11.6 Å². The van der Waals surface area contributed by atoms with Gasteiger partial charge in [0.15, 0.2) is 0 Å². The molecule has 0 aliphatic heterocycles. The maximum absolute atomic E-state index is 11.5. The van der Waals surface area contributed by atoms with Gasteiger partial charge in [0.1, 0.15) is 10.8 Å². The Morgan fingerprint density at radius 3 is 2.74 bits per heavy atom. The molecular formula is C12H19ClN4O2. The number of ether oxygens (including phenoxy) is 1. The highest BCUT2D eigenvalue weighted by Gasteiger charge is 2.18. The molecule has 0 bridgehead atoms. The highest BCUT2D eigenvalue weighted by molar-refractivity contribution is 6.29. The van der Waals surface area contributed by atoms with Gasteiger partial charge in [-0.15, -0.1) is 0 Å². The summed E-state index contributed by atoms with van der Waals surface area (Å²) >= 11 is 5.77. The van der Waals surface area contributed by atoms with Gasteiger partial charge in [0.25, 0.3) is 0 Å². The lowest BCUT2D eigenvalue weighted by Crippen LogP contribution is -2.36. The molecule has 19 heavy (non-hydrogen) atoms.